The number of cyclic esters (lactones) is 1. The molecule has 2 aromatic carbocycles. The third-order valence-corrected chi connectivity index (χ3v) is 3.88. The monoisotopic (exact) mass is 353 g/mol. The first kappa shape index (κ1) is 17.5. The Kier molecular flexibility index (Phi) is 4.93. The summed E-state index contributed by atoms with van der Waals surface area (Å²) in [5, 5.41) is 0. The van der Waals surface area contributed by atoms with E-state index in [0.717, 1.165) is 11.1 Å². The molecule has 0 radical (unpaired) electrons. The average Bonchev–Trinajstić information content (AvgIpc) is 3.01. The number of benzene rings is 2. The first-order valence-electron chi connectivity index (χ1n) is 7.95. The Hall–Kier alpha value is -3.28. The smallest absolute Gasteiger partial charge is 0.363 e. The minimum Gasteiger partial charge on any atom is -0.493 e. The largest absolute Gasteiger partial charge is 0.493 e. The number of aliphatic imine (C=N–C) groups is 1. The normalized spacial score (nSPS) is 14.8. The first-order chi connectivity index (χ1) is 12.5. The summed E-state index contributed by atoms with van der Waals surface area (Å²) in [6, 6.07) is 11.1. The van der Waals surface area contributed by atoms with E-state index in [2.05, 4.69) is 4.99 Å². The van der Waals surface area contributed by atoms with E-state index >= 15 is 0 Å². The van der Waals surface area contributed by atoms with E-state index in [4.69, 9.17) is 18.9 Å². The number of ether oxygens (including phenoxy) is 4. The van der Waals surface area contributed by atoms with Crippen LogP contribution in [-0.2, 0) is 9.53 Å². The Morgan fingerprint density at radius 3 is 2.27 bits per heavy atom. The van der Waals surface area contributed by atoms with Crippen molar-refractivity contribution in [2.24, 2.45) is 4.99 Å². The first-order valence-corrected chi connectivity index (χ1v) is 7.95. The third kappa shape index (κ3) is 3.39. The molecule has 134 valence electrons. The predicted octanol–water partition coefficient (Wildman–Crippen LogP) is 3.37. The van der Waals surface area contributed by atoms with Crippen LogP contribution in [0.15, 0.2) is 47.1 Å². The Balaban J connectivity index is 2.01. The number of carbonyl (C=O) groups is 1. The van der Waals surface area contributed by atoms with Gasteiger partial charge in [0.25, 0.3) is 0 Å². The van der Waals surface area contributed by atoms with Crippen molar-refractivity contribution < 1.29 is 23.7 Å². The predicted molar refractivity (Wildman–Crippen MR) is 97.9 cm³/mol. The summed E-state index contributed by atoms with van der Waals surface area (Å²) in [7, 11) is 4.56. The number of hydrogen-bond donors (Lipinski definition) is 0. The molecule has 0 saturated heterocycles. The SMILES string of the molecule is COc1cc(C2=N/C(=C/c3cccc(C)c3)C(=O)O2)cc(OC)c1OC. The van der Waals surface area contributed by atoms with Gasteiger partial charge in [-0.25, -0.2) is 9.79 Å². The van der Waals surface area contributed by atoms with Crippen molar-refractivity contribution in [2.75, 3.05) is 21.3 Å². The van der Waals surface area contributed by atoms with Crippen LogP contribution in [0, 0.1) is 6.92 Å². The van der Waals surface area contributed by atoms with Gasteiger partial charge in [-0.05, 0) is 30.7 Å². The van der Waals surface area contributed by atoms with E-state index < -0.39 is 5.97 Å². The molecule has 0 aliphatic carbocycles. The van der Waals surface area contributed by atoms with Gasteiger partial charge >= 0.3 is 5.97 Å². The summed E-state index contributed by atoms with van der Waals surface area (Å²) in [6.07, 6.45) is 1.69. The Bertz CT molecular complexity index is 889. The molecule has 6 heteroatoms. The summed E-state index contributed by atoms with van der Waals surface area (Å²) >= 11 is 0. The molecule has 0 fully saturated rings. The zero-order chi connectivity index (χ0) is 18.7. The maximum atomic E-state index is 12.2. The highest BCUT2D eigenvalue weighted by atomic mass is 16.6. The van der Waals surface area contributed by atoms with Crippen molar-refractivity contribution in [3.05, 3.63) is 58.8 Å². The van der Waals surface area contributed by atoms with Crippen LogP contribution < -0.4 is 14.2 Å². The lowest BCUT2D eigenvalue weighted by atomic mass is 10.1. The van der Waals surface area contributed by atoms with E-state index in [0.29, 0.717) is 22.8 Å². The van der Waals surface area contributed by atoms with E-state index in [9.17, 15) is 4.79 Å². The molecule has 1 heterocycles. The fourth-order valence-corrected chi connectivity index (χ4v) is 2.65. The minimum absolute atomic E-state index is 0.188. The molecule has 2 aromatic rings. The third-order valence-electron chi connectivity index (χ3n) is 3.88. The molecular formula is C20H19NO5. The number of carbonyl (C=O) groups excluding carboxylic acids is 1. The molecular weight excluding hydrogens is 334 g/mol. The molecule has 0 N–H and O–H groups in total. The molecule has 1 aliphatic rings. The highest BCUT2D eigenvalue weighted by molar-refractivity contribution is 6.13. The van der Waals surface area contributed by atoms with E-state index in [1.807, 2.05) is 31.2 Å². The maximum absolute atomic E-state index is 12.2. The number of nitrogens with zero attached hydrogens (tertiary/aromatic N) is 1. The molecule has 0 bridgehead atoms. The molecule has 6 nitrogen and oxygen atoms in total. The average molecular weight is 353 g/mol. The van der Waals surface area contributed by atoms with Gasteiger partial charge in [0.2, 0.25) is 11.6 Å². The molecule has 0 aromatic heterocycles. The summed E-state index contributed by atoms with van der Waals surface area (Å²) in [5.41, 5.74) is 2.77. The molecule has 0 unspecified atom stereocenters. The zero-order valence-electron chi connectivity index (χ0n) is 15.0. The molecule has 0 atom stereocenters. The zero-order valence-corrected chi connectivity index (χ0v) is 15.0. The van der Waals surface area contributed by atoms with Crippen LogP contribution in [0.4, 0.5) is 0 Å². The van der Waals surface area contributed by atoms with Crippen LogP contribution in [0.2, 0.25) is 0 Å². The minimum atomic E-state index is -0.504. The van der Waals surface area contributed by atoms with Gasteiger partial charge in [0.1, 0.15) is 0 Å². The summed E-state index contributed by atoms with van der Waals surface area (Å²) in [5.74, 6) is 1.05. The Labute approximate surface area is 151 Å². The van der Waals surface area contributed by atoms with E-state index in [-0.39, 0.29) is 11.6 Å². The van der Waals surface area contributed by atoms with Crippen LogP contribution in [0.25, 0.3) is 6.08 Å². The summed E-state index contributed by atoms with van der Waals surface area (Å²) in [4.78, 5) is 16.5. The lowest BCUT2D eigenvalue weighted by Gasteiger charge is -2.13. The second kappa shape index (κ2) is 7.31. The van der Waals surface area contributed by atoms with Gasteiger partial charge < -0.3 is 18.9 Å². The lowest BCUT2D eigenvalue weighted by Crippen LogP contribution is -2.06. The molecule has 0 amide bonds. The number of hydrogen-bond acceptors (Lipinski definition) is 6. The molecule has 0 spiro atoms. The number of methoxy groups -OCH3 is 3. The Morgan fingerprint density at radius 2 is 1.69 bits per heavy atom. The number of rotatable bonds is 5. The van der Waals surface area contributed by atoms with Crippen LogP contribution in [0.1, 0.15) is 16.7 Å². The molecule has 3 rings (SSSR count). The van der Waals surface area contributed by atoms with Gasteiger partial charge in [0.15, 0.2) is 17.2 Å². The second-order valence-corrected chi connectivity index (χ2v) is 5.66. The second-order valence-electron chi connectivity index (χ2n) is 5.66. The fourth-order valence-electron chi connectivity index (χ4n) is 2.65. The molecule has 26 heavy (non-hydrogen) atoms. The van der Waals surface area contributed by atoms with E-state index in [1.54, 1.807) is 18.2 Å². The van der Waals surface area contributed by atoms with Crippen molar-refractivity contribution in [3.63, 3.8) is 0 Å². The standard InChI is InChI=1S/C20H19NO5/c1-12-6-5-7-13(8-12)9-15-20(22)26-19(21-15)14-10-16(23-2)18(25-4)17(11-14)24-3/h5-11H,1-4H3/b15-9+. The molecule has 0 saturated carbocycles. The maximum Gasteiger partial charge on any atom is 0.363 e. The summed E-state index contributed by atoms with van der Waals surface area (Å²) < 4.78 is 21.3. The van der Waals surface area contributed by atoms with Crippen molar-refractivity contribution in [2.45, 2.75) is 6.92 Å². The van der Waals surface area contributed by atoms with E-state index in [1.165, 1.54) is 21.3 Å². The van der Waals surface area contributed by atoms with Crippen molar-refractivity contribution in [1.82, 2.24) is 0 Å². The van der Waals surface area contributed by atoms with Crippen LogP contribution in [0.3, 0.4) is 0 Å². The van der Waals surface area contributed by atoms with Crippen LogP contribution in [-0.4, -0.2) is 33.2 Å². The number of aryl methyl sites for hydroxylation is 1. The van der Waals surface area contributed by atoms with Crippen molar-refractivity contribution >= 4 is 17.9 Å². The van der Waals surface area contributed by atoms with Gasteiger partial charge in [0.05, 0.1) is 21.3 Å². The van der Waals surface area contributed by atoms with Gasteiger partial charge in [-0.2, -0.15) is 0 Å². The van der Waals surface area contributed by atoms with Gasteiger partial charge in [-0.15, -0.1) is 0 Å². The van der Waals surface area contributed by atoms with Crippen LogP contribution in [0.5, 0.6) is 17.2 Å². The quantitative estimate of drug-likeness (QED) is 0.609. The topological polar surface area (TPSA) is 66.4 Å². The highest BCUT2D eigenvalue weighted by Crippen LogP contribution is 2.39. The highest BCUT2D eigenvalue weighted by Gasteiger charge is 2.26. The van der Waals surface area contributed by atoms with Crippen molar-refractivity contribution in [3.8, 4) is 17.2 Å². The summed E-state index contributed by atoms with van der Waals surface area (Å²) in [6.45, 7) is 1.99. The fraction of sp³-hybridized carbons (Fsp3) is 0.200. The molecule has 1 aliphatic heterocycles. The Morgan fingerprint density at radius 1 is 1.00 bits per heavy atom. The number of esters is 1. The van der Waals surface area contributed by atoms with Crippen molar-refractivity contribution in [1.29, 1.82) is 0 Å². The van der Waals surface area contributed by atoms with Gasteiger partial charge in [0, 0.05) is 5.56 Å². The van der Waals surface area contributed by atoms with Crippen LogP contribution >= 0.6 is 0 Å². The van der Waals surface area contributed by atoms with Gasteiger partial charge in [-0.3, -0.25) is 0 Å². The lowest BCUT2D eigenvalue weighted by molar-refractivity contribution is -0.129. The van der Waals surface area contributed by atoms with Gasteiger partial charge in [-0.1, -0.05) is 29.8 Å².